The first-order valence-corrected chi connectivity index (χ1v) is 6.22. The van der Waals surface area contributed by atoms with Crippen LogP contribution in [0.4, 0.5) is 5.69 Å². The summed E-state index contributed by atoms with van der Waals surface area (Å²) in [5, 5.41) is 9.60. The van der Waals surface area contributed by atoms with Crippen LogP contribution < -0.4 is 0 Å². The maximum atomic E-state index is 11.4. The van der Waals surface area contributed by atoms with E-state index < -0.39 is 5.92 Å². The Morgan fingerprint density at radius 3 is 2.32 bits per heavy atom. The van der Waals surface area contributed by atoms with E-state index in [1.165, 1.54) is 6.92 Å². The van der Waals surface area contributed by atoms with Crippen LogP contribution in [0.2, 0.25) is 10.0 Å². The Morgan fingerprint density at radius 2 is 1.95 bits per heavy atom. The van der Waals surface area contributed by atoms with Crippen LogP contribution in [0, 0.1) is 11.3 Å². The van der Waals surface area contributed by atoms with Gasteiger partial charge >= 0.3 is 0 Å². The number of benzene rings is 1. The van der Waals surface area contributed by atoms with Crippen LogP contribution >= 0.6 is 23.2 Å². The Kier molecular flexibility index (Phi) is 5.34. The Bertz CT molecular complexity index is 538. The van der Waals surface area contributed by atoms with E-state index in [9.17, 15) is 4.79 Å². The quantitative estimate of drug-likeness (QED) is 0.632. The predicted octanol–water partition coefficient (Wildman–Crippen LogP) is 3.41. The maximum Gasteiger partial charge on any atom is 0.151 e. The van der Waals surface area contributed by atoms with Crippen molar-refractivity contribution in [1.82, 2.24) is 4.90 Å². The molecule has 0 amide bonds. The van der Waals surface area contributed by atoms with Crippen molar-refractivity contribution >= 4 is 41.0 Å². The highest BCUT2D eigenvalue weighted by molar-refractivity contribution is 6.39. The Morgan fingerprint density at radius 1 is 1.42 bits per heavy atom. The number of ketones is 1. The largest absolute Gasteiger partial charge is 0.369 e. The highest BCUT2D eigenvalue weighted by atomic mass is 35.5. The van der Waals surface area contributed by atoms with E-state index in [4.69, 9.17) is 28.5 Å². The van der Waals surface area contributed by atoms with Gasteiger partial charge in [-0.25, -0.2) is 4.99 Å². The lowest BCUT2D eigenvalue weighted by Gasteiger charge is -2.10. The highest BCUT2D eigenvalue weighted by Gasteiger charge is 2.18. The molecule has 100 valence electrons. The fourth-order valence-corrected chi connectivity index (χ4v) is 2.05. The summed E-state index contributed by atoms with van der Waals surface area (Å²) in [5.74, 6) is -1.11. The van der Waals surface area contributed by atoms with Crippen LogP contribution in [0.15, 0.2) is 17.1 Å². The zero-order valence-corrected chi connectivity index (χ0v) is 12.3. The lowest BCUT2D eigenvalue weighted by molar-refractivity contribution is -0.117. The summed E-state index contributed by atoms with van der Waals surface area (Å²) in [6.07, 6.45) is 1.57. The molecule has 0 spiro atoms. The van der Waals surface area contributed by atoms with E-state index in [0.717, 1.165) is 0 Å². The van der Waals surface area contributed by atoms with E-state index in [0.29, 0.717) is 21.3 Å². The first kappa shape index (κ1) is 15.5. The molecular weight excluding hydrogens is 285 g/mol. The van der Waals surface area contributed by atoms with Gasteiger partial charge in [0.25, 0.3) is 0 Å². The predicted molar refractivity (Wildman–Crippen MR) is 77.3 cm³/mol. The molecule has 1 unspecified atom stereocenters. The van der Waals surface area contributed by atoms with Crippen molar-refractivity contribution in [2.24, 2.45) is 4.99 Å². The average Bonchev–Trinajstić information content (AvgIpc) is 2.27. The summed E-state index contributed by atoms with van der Waals surface area (Å²) in [7, 11) is 3.64. The third-order valence-corrected chi connectivity index (χ3v) is 2.90. The molecule has 1 aromatic rings. The monoisotopic (exact) mass is 297 g/mol. The minimum absolute atomic E-state index is 0.251. The van der Waals surface area contributed by atoms with Gasteiger partial charge in [-0.1, -0.05) is 23.2 Å². The van der Waals surface area contributed by atoms with Crippen molar-refractivity contribution < 1.29 is 4.79 Å². The lowest BCUT2D eigenvalue weighted by Crippen LogP contribution is -2.07. The zero-order valence-electron chi connectivity index (χ0n) is 10.8. The van der Waals surface area contributed by atoms with Gasteiger partial charge in [-0.15, -0.1) is 0 Å². The molecule has 0 aliphatic carbocycles. The second-order valence-corrected chi connectivity index (χ2v) is 5.03. The van der Waals surface area contributed by atoms with E-state index in [2.05, 4.69) is 4.99 Å². The number of aliphatic imine (C=N–C) groups is 1. The Hall–Kier alpha value is -1.57. The van der Waals surface area contributed by atoms with Crippen molar-refractivity contribution in [2.45, 2.75) is 12.8 Å². The van der Waals surface area contributed by atoms with Crippen LogP contribution in [0.5, 0.6) is 0 Å². The van der Waals surface area contributed by atoms with Crippen LogP contribution in [0.25, 0.3) is 0 Å². The summed E-state index contributed by atoms with van der Waals surface area (Å²) in [5.41, 5.74) is 0.898. The van der Waals surface area contributed by atoms with Crippen molar-refractivity contribution in [3.63, 3.8) is 0 Å². The molecule has 0 radical (unpaired) electrons. The van der Waals surface area contributed by atoms with Crippen LogP contribution in [0.3, 0.4) is 0 Å². The van der Waals surface area contributed by atoms with Gasteiger partial charge in [0.15, 0.2) is 5.78 Å². The third kappa shape index (κ3) is 3.95. The van der Waals surface area contributed by atoms with Gasteiger partial charge < -0.3 is 4.90 Å². The molecule has 1 atom stereocenters. The highest BCUT2D eigenvalue weighted by Crippen LogP contribution is 2.36. The lowest BCUT2D eigenvalue weighted by atomic mass is 9.97. The standard InChI is InChI=1S/C13H13Cl2N3O/c1-8(19)10(6-16)9-4-11(14)13(12(15)5-9)17-7-18(2)3/h4-5,7,10H,1-3H3/b17-7+. The van der Waals surface area contributed by atoms with Crippen molar-refractivity contribution in [2.75, 3.05) is 14.1 Å². The molecule has 0 saturated heterocycles. The molecule has 6 heteroatoms. The number of Topliss-reactive ketones (excluding diaryl/α,β-unsaturated/α-hetero) is 1. The van der Waals surface area contributed by atoms with Crippen molar-refractivity contribution in [3.8, 4) is 6.07 Å². The number of nitrogens with zero attached hydrogens (tertiary/aromatic N) is 3. The number of nitriles is 1. The van der Waals surface area contributed by atoms with E-state index >= 15 is 0 Å². The number of rotatable bonds is 4. The fourth-order valence-electron chi connectivity index (χ4n) is 1.45. The molecule has 0 N–H and O–H groups in total. The molecule has 0 aromatic heterocycles. The minimum atomic E-state index is -0.859. The molecule has 0 fully saturated rings. The topological polar surface area (TPSA) is 56.5 Å². The van der Waals surface area contributed by atoms with Crippen LogP contribution in [0.1, 0.15) is 18.4 Å². The summed E-state index contributed by atoms with van der Waals surface area (Å²) >= 11 is 12.2. The zero-order chi connectivity index (χ0) is 14.6. The molecule has 0 aliphatic heterocycles. The second-order valence-electron chi connectivity index (χ2n) is 4.21. The molecule has 19 heavy (non-hydrogen) atoms. The number of carbonyl (C=O) groups is 1. The third-order valence-electron chi connectivity index (χ3n) is 2.33. The normalized spacial score (nSPS) is 12.2. The van der Waals surface area contributed by atoms with Gasteiger partial charge in [0.1, 0.15) is 11.6 Å². The molecule has 0 heterocycles. The van der Waals surface area contributed by atoms with Crippen molar-refractivity contribution in [1.29, 1.82) is 5.26 Å². The summed E-state index contributed by atoms with van der Waals surface area (Å²) in [4.78, 5) is 17.2. The number of hydrogen-bond acceptors (Lipinski definition) is 3. The van der Waals surface area contributed by atoms with Gasteiger partial charge in [-0.2, -0.15) is 5.26 Å². The van der Waals surface area contributed by atoms with Gasteiger partial charge in [0, 0.05) is 14.1 Å². The molecule has 4 nitrogen and oxygen atoms in total. The smallest absolute Gasteiger partial charge is 0.151 e. The van der Waals surface area contributed by atoms with Crippen molar-refractivity contribution in [3.05, 3.63) is 27.7 Å². The van der Waals surface area contributed by atoms with Gasteiger partial charge in [-0.05, 0) is 24.6 Å². The Balaban J connectivity index is 3.24. The molecular formula is C13H13Cl2N3O. The summed E-state index contributed by atoms with van der Waals surface area (Å²) in [6, 6.07) is 5.02. The van der Waals surface area contributed by atoms with Gasteiger partial charge in [0.05, 0.1) is 22.5 Å². The Labute approximate surface area is 122 Å². The second kappa shape index (κ2) is 6.55. The summed E-state index contributed by atoms with van der Waals surface area (Å²) in [6.45, 7) is 1.35. The first-order valence-electron chi connectivity index (χ1n) is 5.46. The van der Waals surface area contributed by atoms with Crippen LogP contribution in [-0.2, 0) is 4.79 Å². The van der Waals surface area contributed by atoms with E-state index in [-0.39, 0.29) is 5.78 Å². The van der Waals surface area contributed by atoms with Gasteiger partial charge in [0.2, 0.25) is 0 Å². The molecule has 0 saturated carbocycles. The fraction of sp³-hybridized carbons (Fsp3) is 0.308. The SMILES string of the molecule is CC(=O)C(C#N)c1cc(Cl)c(/N=C/N(C)C)c(Cl)c1. The number of hydrogen-bond donors (Lipinski definition) is 0. The maximum absolute atomic E-state index is 11.4. The molecule has 0 aliphatic rings. The van der Waals surface area contributed by atoms with E-state index in [1.807, 2.05) is 20.2 Å². The van der Waals surface area contributed by atoms with E-state index in [1.54, 1.807) is 23.4 Å². The average molecular weight is 298 g/mol. The number of carbonyl (C=O) groups excluding carboxylic acids is 1. The number of halogens is 2. The molecule has 1 rings (SSSR count). The minimum Gasteiger partial charge on any atom is -0.369 e. The van der Waals surface area contributed by atoms with Gasteiger partial charge in [-0.3, -0.25) is 4.79 Å². The van der Waals surface area contributed by atoms with Crippen LogP contribution in [-0.4, -0.2) is 31.1 Å². The summed E-state index contributed by atoms with van der Waals surface area (Å²) < 4.78 is 0. The molecule has 1 aromatic carbocycles. The first-order chi connectivity index (χ1) is 8.86. The molecule has 0 bridgehead atoms.